The molecule has 6 N–H and O–H groups in total. The number of nitrogens with one attached hydrogen (secondary N) is 3. The highest BCUT2D eigenvalue weighted by molar-refractivity contribution is 7.22. The molecule has 16 heteroatoms. The second-order valence-electron chi connectivity index (χ2n) is 18.5. The molecule has 0 bridgehead atoms. The van der Waals surface area contributed by atoms with E-state index in [1.807, 2.05) is 88.7 Å². The quantitative estimate of drug-likeness (QED) is 0.0260. The maximum atomic E-state index is 14.1. The number of benzene rings is 4. The van der Waals surface area contributed by atoms with E-state index in [2.05, 4.69) is 26.1 Å². The summed E-state index contributed by atoms with van der Waals surface area (Å²) in [7, 11) is 0. The van der Waals surface area contributed by atoms with Crippen molar-refractivity contribution in [3.8, 4) is 38.1 Å². The van der Waals surface area contributed by atoms with E-state index in [0.29, 0.717) is 34.6 Å². The van der Waals surface area contributed by atoms with E-state index in [4.69, 9.17) is 4.74 Å². The minimum Gasteiger partial charge on any atom is -0.508 e. The van der Waals surface area contributed by atoms with Crippen molar-refractivity contribution in [2.45, 2.75) is 104 Å². The van der Waals surface area contributed by atoms with Crippen LogP contribution >= 0.6 is 22.7 Å². The van der Waals surface area contributed by atoms with E-state index in [1.165, 1.54) is 22.3 Å². The molecule has 6 aromatic rings. The molecular formula is C53H60N6O8S2. The number of ether oxygens (including phenoxy) is 1. The third-order valence-corrected chi connectivity index (χ3v) is 14.3. The van der Waals surface area contributed by atoms with Crippen LogP contribution in [0.4, 0.5) is 0 Å². The number of thiophene rings is 1. The van der Waals surface area contributed by atoms with E-state index in [9.17, 15) is 34.5 Å². The lowest BCUT2D eigenvalue weighted by molar-refractivity contribution is -0.144. The van der Waals surface area contributed by atoms with Gasteiger partial charge in [-0.3, -0.25) is 19.2 Å². The maximum absolute atomic E-state index is 14.1. The Morgan fingerprint density at radius 1 is 0.870 bits per heavy atom. The van der Waals surface area contributed by atoms with Crippen molar-refractivity contribution < 1.29 is 39.2 Å². The zero-order chi connectivity index (χ0) is 49.2. The monoisotopic (exact) mass is 972 g/mol. The number of phenols is 2. The summed E-state index contributed by atoms with van der Waals surface area (Å²) >= 11 is 2.95. The number of aryl methyl sites for hydroxylation is 1. The number of hydrazone groups is 1. The van der Waals surface area contributed by atoms with Gasteiger partial charge in [-0.2, -0.15) is 5.10 Å². The van der Waals surface area contributed by atoms with E-state index in [1.54, 1.807) is 53.9 Å². The van der Waals surface area contributed by atoms with Gasteiger partial charge in [0.2, 0.25) is 17.7 Å². The highest BCUT2D eigenvalue weighted by Crippen LogP contribution is 2.40. The molecule has 4 atom stereocenters. The minimum atomic E-state index is -0.882. The summed E-state index contributed by atoms with van der Waals surface area (Å²) in [5.74, 6) is -0.441. The Morgan fingerprint density at radius 2 is 1.54 bits per heavy atom. The number of aromatic hydroxyl groups is 2. The third-order valence-electron chi connectivity index (χ3n) is 12.2. The van der Waals surface area contributed by atoms with E-state index in [0.717, 1.165) is 63.2 Å². The Bertz CT molecular complexity index is 2760. The van der Waals surface area contributed by atoms with Crippen LogP contribution in [-0.2, 0) is 14.4 Å². The molecule has 0 spiro atoms. The molecule has 1 fully saturated rings. The number of aliphatic hydroxyl groups is 1. The fourth-order valence-electron chi connectivity index (χ4n) is 8.35. The highest BCUT2D eigenvalue weighted by Gasteiger charge is 2.44. The number of amides is 4. The first-order chi connectivity index (χ1) is 33.0. The number of hydrogen-bond acceptors (Lipinski definition) is 12. The summed E-state index contributed by atoms with van der Waals surface area (Å²) < 4.78 is 6.69. The second-order valence-corrected chi connectivity index (χ2v) is 20.5. The highest BCUT2D eigenvalue weighted by atomic mass is 32.1. The first kappa shape index (κ1) is 50.3. The van der Waals surface area contributed by atoms with Gasteiger partial charge in [0.05, 0.1) is 46.6 Å². The number of aliphatic hydroxyl groups excluding tert-OH is 1. The van der Waals surface area contributed by atoms with Crippen LogP contribution in [0.1, 0.15) is 106 Å². The van der Waals surface area contributed by atoms with Crippen molar-refractivity contribution >= 4 is 62.6 Å². The normalized spacial score (nSPS) is 15.8. The topological polar surface area (TPSA) is 203 Å². The molecule has 2 aromatic heterocycles. The van der Waals surface area contributed by atoms with Gasteiger partial charge in [0, 0.05) is 34.3 Å². The number of β-amino-alcohol motifs (C(OH)–C–C–N with tert-alkyl or cyclic N) is 1. The summed E-state index contributed by atoms with van der Waals surface area (Å²) in [5.41, 5.74) is 8.68. The van der Waals surface area contributed by atoms with E-state index < -0.39 is 29.5 Å². The van der Waals surface area contributed by atoms with Crippen molar-refractivity contribution in [2.75, 3.05) is 13.2 Å². The van der Waals surface area contributed by atoms with Crippen LogP contribution in [0.3, 0.4) is 0 Å². The number of nitrogens with zero attached hydrogens (tertiary/aromatic N) is 3. The molecule has 4 aromatic carbocycles. The average molecular weight is 973 g/mol. The zero-order valence-electron chi connectivity index (χ0n) is 39.5. The van der Waals surface area contributed by atoms with Crippen molar-refractivity contribution in [3.63, 3.8) is 0 Å². The Hall–Kier alpha value is -6.62. The number of fused-ring (bicyclic) bond motifs is 1. The molecule has 3 heterocycles. The molecule has 4 amide bonds. The molecule has 7 rings (SSSR count). The van der Waals surface area contributed by atoms with Crippen molar-refractivity contribution in [3.05, 3.63) is 119 Å². The molecule has 1 aliphatic heterocycles. The van der Waals surface area contributed by atoms with Gasteiger partial charge in [0.1, 0.15) is 29.3 Å². The fourth-order valence-corrected chi connectivity index (χ4v) is 10.4. The molecule has 362 valence electrons. The average Bonchev–Trinajstić information content (AvgIpc) is 4.05. The summed E-state index contributed by atoms with van der Waals surface area (Å²) in [6.07, 6.45) is 5.23. The number of hydrogen-bond donors (Lipinski definition) is 6. The Kier molecular flexibility index (Phi) is 16.5. The van der Waals surface area contributed by atoms with Crippen molar-refractivity contribution in [1.82, 2.24) is 25.9 Å². The van der Waals surface area contributed by atoms with Crippen molar-refractivity contribution in [1.29, 1.82) is 0 Å². The first-order valence-corrected chi connectivity index (χ1v) is 24.9. The van der Waals surface area contributed by atoms with Gasteiger partial charge in [-0.15, -0.1) is 22.7 Å². The number of aromatic nitrogens is 1. The van der Waals surface area contributed by atoms with Crippen LogP contribution in [0.2, 0.25) is 0 Å². The van der Waals surface area contributed by atoms with Gasteiger partial charge in [-0.05, 0) is 121 Å². The lowest BCUT2D eigenvalue weighted by atomic mass is 9.85. The Balaban J connectivity index is 0.809. The number of thiazole rings is 1. The van der Waals surface area contributed by atoms with Crippen LogP contribution in [0.25, 0.3) is 31.0 Å². The molecule has 0 radical (unpaired) electrons. The summed E-state index contributed by atoms with van der Waals surface area (Å²) in [6.45, 7) is 10.0. The molecule has 0 saturated carbocycles. The predicted molar refractivity (Wildman–Crippen MR) is 272 cm³/mol. The predicted octanol–water partition coefficient (Wildman–Crippen LogP) is 9.26. The number of likely N-dealkylation sites (tertiary alicyclic amines) is 1. The summed E-state index contributed by atoms with van der Waals surface area (Å²) in [4.78, 5) is 61.9. The van der Waals surface area contributed by atoms with Gasteiger partial charge < -0.3 is 35.6 Å². The third kappa shape index (κ3) is 12.9. The van der Waals surface area contributed by atoms with Crippen LogP contribution < -0.4 is 20.8 Å². The first-order valence-electron chi connectivity index (χ1n) is 23.3. The zero-order valence-corrected chi connectivity index (χ0v) is 41.2. The van der Waals surface area contributed by atoms with Crippen LogP contribution in [0.5, 0.6) is 17.2 Å². The molecule has 0 unspecified atom stereocenters. The fraction of sp³-hybridized carbons (Fsp3) is 0.358. The summed E-state index contributed by atoms with van der Waals surface area (Å²) in [5, 5.41) is 41.3. The second kappa shape index (κ2) is 22.7. The number of rotatable bonds is 19. The van der Waals surface area contributed by atoms with Crippen molar-refractivity contribution in [2.24, 2.45) is 10.5 Å². The SMILES string of the molecule is Cc1ncsc1-c1ccc([C@H](C)NC(=O)[C@@H]2C[C@@H](O)CN2C(=O)[C@@H](NC(=O)CCCCCCCOc2ccc(/C=N/NC(=O)c3c(-c4ccc(O)cc4)sc4cc(O)ccc34)cc2)C(C)(C)C)cc1. The molecular weight excluding hydrogens is 913 g/mol. The van der Waals surface area contributed by atoms with Gasteiger partial charge in [0.15, 0.2) is 0 Å². The van der Waals surface area contributed by atoms with E-state index in [-0.39, 0.29) is 54.6 Å². The minimum absolute atomic E-state index is 0.0105. The van der Waals surface area contributed by atoms with Gasteiger partial charge in [-0.1, -0.05) is 64.3 Å². The maximum Gasteiger partial charge on any atom is 0.273 e. The molecule has 0 aliphatic carbocycles. The lowest BCUT2D eigenvalue weighted by Gasteiger charge is -2.35. The Labute approximate surface area is 410 Å². The smallest absolute Gasteiger partial charge is 0.273 e. The number of carbonyl (C=O) groups excluding carboxylic acids is 4. The van der Waals surface area contributed by atoms with Crippen LogP contribution in [0, 0.1) is 12.3 Å². The van der Waals surface area contributed by atoms with Gasteiger partial charge in [-0.25, -0.2) is 10.4 Å². The number of phenolic OH excluding ortho intramolecular Hbond substituents is 2. The summed E-state index contributed by atoms with van der Waals surface area (Å²) in [6, 6.07) is 24.7. The van der Waals surface area contributed by atoms with E-state index >= 15 is 0 Å². The van der Waals surface area contributed by atoms with Gasteiger partial charge in [0.25, 0.3) is 5.91 Å². The van der Waals surface area contributed by atoms with Crippen LogP contribution in [0.15, 0.2) is 102 Å². The molecule has 69 heavy (non-hydrogen) atoms. The molecule has 14 nitrogen and oxygen atoms in total. The molecule has 1 aliphatic rings. The largest absolute Gasteiger partial charge is 0.508 e. The van der Waals surface area contributed by atoms with Gasteiger partial charge >= 0.3 is 0 Å². The number of carbonyl (C=O) groups is 4. The Morgan fingerprint density at radius 3 is 2.23 bits per heavy atom. The number of unbranched alkanes of at least 4 members (excludes halogenated alkanes) is 4. The van der Waals surface area contributed by atoms with Crippen LogP contribution in [-0.4, -0.2) is 86.4 Å². The molecule has 1 saturated heterocycles. The lowest BCUT2D eigenvalue weighted by Crippen LogP contribution is -2.57. The standard InChI is InChI=1S/C53H60N6O8S2/c1-32(35-14-16-36(17-15-35)47-33(2)54-31-68-47)56-50(64)43-27-40(62)30-59(43)52(66)49(53(3,4)5)57-45(63)11-9-7-6-8-10-26-67-41-23-12-34(13-24-41)29-55-58-51(65)46-42-25-22-39(61)28-44(42)69-48(46)37-18-20-38(60)21-19-37/h12-25,28-29,31-32,40,43,49,60-62H,6-11,26-27,30H2,1-5H3,(H,56,64)(H,57,63)(H,58,65)/b55-29+/t32-,40+,43-,49+/m0/s1.